The van der Waals surface area contributed by atoms with Crippen molar-refractivity contribution in [3.63, 3.8) is 0 Å². The fraction of sp³-hybridized carbons (Fsp3) is 0.300. The number of carbonyl (C=O) groups is 2. The molecule has 0 aliphatic carbocycles. The summed E-state index contributed by atoms with van der Waals surface area (Å²) in [5.74, 6) is -2.53. The Balaban J connectivity index is 1.85. The molecule has 0 amide bonds. The van der Waals surface area contributed by atoms with Gasteiger partial charge in [0.05, 0.1) is 26.4 Å². The molecule has 5 nitrogen and oxygen atoms in total. The maximum Gasteiger partial charge on any atom is 0.320 e. The molecule has 1 aliphatic heterocycles. The first-order valence-electron chi connectivity index (χ1n) is 8.15. The Morgan fingerprint density at radius 2 is 1.76 bits per heavy atom. The second-order valence-corrected chi connectivity index (χ2v) is 5.92. The van der Waals surface area contributed by atoms with Gasteiger partial charge in [-0.15, -0.1) is 0 Å². The molecule has 0 aromatic heterocycles. The first-order valence-corrected chi connectivity index (χ1v) is 8.15. The number of benzene rings is 2. The van der Waals surface area contributed by atoms with E-state index in [-0.39, 0.29) is 6.61 Å². The molecule has 0 saturated carbocycles. The molecule has 0 N–H and O–H groups in total. The molecule has 0 spiro atoms. The highest BCUT2D eigenvalue weighted by molar-refractivity contribution is 5.96. The van der Waals surface area contributed by atoms with Crippen molar-refractivity contribution in [2.45, 2.75) is 12.7 Å². The quantitative estimate of drug-likeness (QED) is 0.598. The zero-order chi connectivity index (χ0) is 17.6. The Morgan fingerprint density at radius 3 is 2.40 bits per heavy atom. The molecule has 130 valence electrons. The minimum Gasteiger partial charge on any atom is -0.468 e. The minimum atomic E-state index is -0.967. The fourth-order valence-electron chi connectivity index (χ4n) is 3.07. The lowest BCUT2D eigenvalue weighted by atomic mass is 9.86. The Morgan fingerprint density at radius 1 is 1.12 bits per heavy atom. The van der Waals surface area contributed by atoms with Crippen molar-refractivity contribution in [1.82, 2.24) is 0 Å². The summed E-state index contributed by atoms with van der Waals surface area (Å²) in [6, 6.07) is 19.3. The zero-order valence-corrected chi connectivity index (χ0v) is 14.0. The van der Waals surface area contributed by atoms with Crippen LogP contribution in [0.25, 0.3) is 0 Å². The number of ether oxygens (including phenoxy) is 3. The van der Waals surface area contributed by atoms with Crippen LogP contribution in [-0.2, 0) is 30.4 Å². The summed E-state index contributed by atoms with van der Waals surface area (Å²) in [7, 11) is 1.27. The number of esters is 2. The summed E-state index contributed by atoms with van der Waals surface area (Å²) in [5, 5.41) is 0. The van der Waals surface area contributed by atoms with Crippen molar-refractivity contribution < 1.29 is 23.8 Å². The van der Waals surface area contributed by atoms with Crippen LogP contribution in [0.2, 0.25) is 0 Å². The molecular formula is C20H20O5. The van der Waals surface area contributed by atoms with E-state index >= 15 is 0 Å². The summed E-state index contributed by atoms with van der Waals surface area (Å²) in [6.45, 7) is 0.506. The van der Waals surface area contributed by atoms with Crippen LogP contribution in [0.15, 0.2) is 60.7 Å². The van der Waals surface area contributed by atoms with Crippen LogP contribution in [0.4, 0.5) is 0 Å². The maximum absolute atomic E-state index is 12.1. The van der Waals surface area contributed by atoms with Crippen LogP contribution in [0.1, 0.15) is 17.2 Å². The van der Waals surface area contributed by atoms with Crippen LogP contribution in [0.5, 0.6) is 0 Å². The molecule has 5 heteroatoms. The van der Waals surface area contributed by atoms with Crippen molar-refractivity contribution in [3.8, 4) is 0 Å². The minimum absolute atomic E-state index is 0.132. The summed E-state index contributed by atoms with van der Waals surface area (Å²) in [6.07, 6.45) is -0.447. The third-order valence-corrected chi connectivity index (χ3v) is 4.34. The molecule has 0 radical (unpaired) electrons. The normalized spacial score (nSPS) is 20.8. The molecular weight excluding hydrogens is 320 g/mol. The molecule has 3 atom stereocenters. The van der Waals surface area contributed by atoms with E-state index in [0.717, 1.165) is 11.1 Å². The first-order chi connectivity index (χ1) is 12.2. The zero-order valence-electron chi connectivity index (χ0n) is 14.0. The van der Waals surface area contributed by atoms with Crippen molar-refractivity contribution in [2.24, 2.45) is 11.8 Å². The van der Waals surface area contributed by atoms with Gasteiger partial charge in [0, 0.05) is 5.92 Å². The predicted octanol–water partition coefficient (Wildman–Crippen LogP) is 2.91. The van der Waals surface area contributed by atoms with Gasteiger partial charge < -0.3 is 14.2 Å². The average Bonchev–Trinajstić information content (AvgIpc) is 3.04. The van der Waals surface area contributed by atoms with Crippen molar-refractivity contribution in [2.75, 3.05) is 13.7 Å². The van der Waals surface area contributed by atoms with Crippen LogP contribution < -0.4 is 0 Å². The lowest BCUT2D eigenvalue weighted by Crippen LogP contribution is -2.31. The Hall–Kier alpha value is -2.66. The second-order valence-electron chi connectivity index (χ2n) is 5.92. The number of cyclic esters (lactones) is 1. The van der Waals surface area contributed by atoms with Crippen LogP contribution in [0, 0.1) is 11.8 Å². The third kappa shape index (κ3) is 3.88. The van der Waals surface area contributed by atoms with E-state index in [1.807, 2.05) is 60.7 Å². The molecule has 0 bridgehead atoms. The van der Waals surface area contributed by atoms with Gasteiger partial charge in [-0.3, -0.25) is 9.59 Å². The standard InChI is InChI=1S/C20H20O5/c1-23-19(21)17-16(13-25-20(17)22)18(15-10-6-3-7-11-15)24-12-14-8-4-2-5-9-14/h2-11,16-18H,12-13H2,1H3/t16-,17-,18+/m0/s1. The molecule has 2 aromatic rings. The highest BCUT2D eigenvalue weighted by Gasteiger charge is 2.48. The molecule has 1 aliphatic rings. The Kier molecular flexibility index (Phi) is 5.46. The van der Waals surface area contributed by atoms with Crippen molar-refractivity contribution >= 4 is 11.9 Å². The van der Waals surface area contributed by atoms with Crippen LogP contribution in [-0.4, -0.2) is 25.7 Å². The number of rotatable bonds is 6. The number of hydrogen-bond acceptors (Lipinski definition) is 5. The molecule has 1 saturated heterocycles. The highest BCUT2D eigenvalue weighted by Crippen LogP contribution is 2.37. The van der Waals surface area contributed by atoms with Gasteiger partial charge in [0.1, 0.15) is 0 Å². The monoisotopic (exact) mass is 340 g/mol. The summed E-state index contributed by atoms with van der Waals surface area (Å²) in [4.78, 5) is 24.1. The van der Waals surface area contributed by atoms with Gasteiger partial charge in [-0.05, 0) is 11.1 Å². The highest BCUT2D eigenvalue weighted by atomic mass is 16.6. The largest absolute Gasteiger partial charge is 0.468 e. The third-order valence-electron chi connectivity index (χ3n) is 4.34. The van der Waals surface area contributed by atoms with Crippen molar-refractivity contribution in [1.29, 1.82) is 0 Å². The summed E-state index contributed by atoms with van der Waals surface area (Å²) >= 11 is 0. The lowest BCUT2D eigenvalue weighted by Gasteiger charge is -2.25. The van der Waals surface area contributed by atoms with Gasteiger partial charge in [-0.1, -0.05) is 60.7 Å². The fourth-order valence-corrected chi connectivity index (χ4v) is 3.07. The van der Waals surface area contributed by atoms with Gasteiger partial charge in [-0.25, -0.2) is 0 Å². The Labute approximate surface area is 146 Å². The number of methoxy groups -OCH3 is 1. The lowest BCUT2D eigenvalue weighted by molar-refractivity contribution is -0.156. The summed E-state index contributed by atoms with van der Waals surface area (Å²) < 4.78 is 16.1. The molecule has 1 heterocycles. The van der Waals surface area contributed by atoms with E-state index in [2.05, 4.69) is 0 Å². The molecule has 2 aromatic carbocycles. The topological polar surface area (TPSA) is 61.8 Å². The second kappa shape index (κ2) is 7.94. The first kappa shape index (κ1) is 17.2. The van der Waals surface area contributed by atoms with E-state index < -0.39 is 29.9 Å². The molecule has 25 heavy (non-hydrogen) atoms. The van der Waals surface area contributed by atoms with Gasteiger partial charge in [0.25, 0.3) is 0 Å². The molecule has 3 rings (SSSR count). The van der Waals surface area contributed by atoms with E-state index in [0.29, 0.717) is 6.61 Å². The van der Waals surface area contributed by atoms with Gasteiger partial charge in [-0.2, -0.15) is 0 Å². The van der Waals surface area contributed by atoms with Gasteiger partial charge in [0.2, 0.25) is 0 Å². The number of carbonyl (C=O) groups excluding carboxylic acids is 2. The van der Waals surface area contributed by atoms with Crippen LogP contribution in [0.3, 0.4) is 0 Å². The summed E-state index contributed by atoms with van der Waals surface area (Å²) in [5.41, 5.74) is 1.92. The number of hydrogen-bond donors (Lipinski definition) is 0. The Bertz CT molecular complexity index is 713. The van der Waals surface area contributed by atoms with Gasteiger partial charge in [0.15, 0.2) is 5.92 Å². The molecule has 0 unspecified atom stereocenters. The van der Waals surface area contributed by atoms with E-state index in [4.69, 9.17) is 14.2 Å². The van der Waals surface area contributed by atoms with E-state index in [9.17, 15) is 9.59 Å². The smallest absolute Gasteiger partial charge is 0.320 e. The van der Waals surface area contributed by atoms with Crippen molar-refractivity contribution in [3.05, 3.63) is 71.8 Å². The maximum atomic E-state index is 12.1. The van der Waals surface area contributed by atoms with Gasteiger partial charge >= 0.3 is 11.9 Å². The molecule has 1 fully saturated rings. The van der Waals surface area contributed by atoms with E-state index in [1.165, 1.54) is 7.11 Å². The van der Waals surface area contributed by atoms with Crippen LogP contribution >= 0.6 is 0 Å². The SMILES string of the molecule is COC(=O)[C@H]1C(=O)OC[C@@H]1[C@H](OCc1ccccc1)c1ccccc1. The average molecular weight is 340 g/mol. The van der Waals surface area contributed by atoms with E-state index in [1.54, 1.807) is 0 Å². The predicted molar refractivity (Wildman–Crippen MR) is 90.4 cm³/mol.